The Morgan fingerprint density at radius 1 is 1.41 bits per heavy atom. The second kappa shape index (κ2) is 5.02. The smallest absolute Gasteiger partial charge is 0.183 e. The number of aryl methyl sites for hydroxylation is 1. The third-order valence-corrected chi connectivity index (χ3v) is 4.03. The number of benzene rings is 1. The van der Waals surface area contributed by atoms with Crippen molar-refractivity contribution in [3.63, 3.8) is 0 Å². The van der Waals surface area contributed by atoms with E-state index in [9.17, 15) is 0 Å². The van der Waals surface area contributed by atoms with Crippen LogP contribution in [0.25, 0.3) is 10.2 Å². The van der Waals surface area contributed by atoms with Gasteiger partial charge in [0.25, 0.3) is 0 Å². The molecule has 2 aromatic rings. The maximum Gasteiger partial charge on any atom is 0.183 e. The van der Waals surface area contributed by atoms with Crippen LogP contribution in [-0.2, 0) is 0 Å². The van der Waals surface area contributed by atoms with Crippen LogP contribution in [0.4, 0.5) is 5.13 Å². The van der Waals surface area contributed by atoms with E-state index in [1.807, 2.05) is 0 Å². The maximum atomic E-state index is 4.63. The first kappa shape index (κ1) is 12.3. The van der Waals surface area contributed by atoms with E-state index in [4.69, 9.17) is 0 Å². The third-order valence-electron chi connectivity index (χ3n) is 3.05. The van der Waals surface area contributed by atoms with E-state index in [1.54, 1.807) is 11.3 Å². The van der Waals surface area contributed by atoms with Gasteiger partial charge in [-0.15, -0.1) is 0 Å². The van der Waals surface area contributed by atoms with Crippen molar-refractivity contribution in [3.05, 3.63) is 23.8 Å². The molecule has 1 aromatic carbocycles. The van der Waals surface area contributed by atoms with Gasteiger partial charge in [0.05, 0.1) is 10.2 Å². The number of thiazole rings is 1. The van der Waals surface area contributed by atoms with Gasteiger partial charge >= 0.3 is 0 Å². The van der Waals surface area contributed by atoms with Gasteiger partial charge in [-0.25, -0.2) is 4.98 Å². The van der Waals surface area contributed by atoms with Crippen molar-refractivity contribution < 1.29 is 0 Å². The zero-order valence-electron chi connectivity index (χ0n) is 10.8. The molecule has 0 aliphatic rings. The van der Waals surface area contributed by atoms with Crippen LogP contribution < -0.4 is 5.32 Å². The molecule has 1 atom stereocenters. The van der Waals surface area contributed by atoms with Crippen LogP contribution in [0.3, 0.4) is 0 Å². The number of aromatic nitrogens is 1. The molecule has 0 radical (unpaired) electrons. The van der Waals surface area contributed by atoms with Crippen LogP contribution in [0.2, 0.25) is 0 Å². The summed E-state index contributed by atoms with van der Waals surface area (Å²) in [7, 11) is 4.18. The Kier molecular flexibility index (Phi) is 3.64. The average Bonchev–Trinajstić information content (AvgIpc) is 2.70. The van der Waals surface area contributed by atoms with Gasteiger partial charge in [0.1, 0.15) is 0 Å². The van der Waals surface area contributed by atoms with Gasteiger partial charge in [-0.3, -0.25) is 0 Å². The predicted octanol–water partition coefficient (Wildman–Crippen LogP) is 2.97. The van der Waals surface area contributed by atoms with E-state index in [0.29, 0.717) is 6.04 Å². The Morgan fingerprint density at radius 3 is 2.82 bits per heavy atom. The highest BCUT2D eigenvalue weighted by Gasteiger charge is 2.08. The topological polar surface area (TPSA) is 28.2 Å². The minimum Gasteiger partial charge on any atom is -0.360 e. The molecule has 1 aromatic heterocycles. The molecule has 17 heavy (non-hydrogen) atoms. The lowest BCUT2D eigenvalue weighted by Gasteiger charge is -2.19. The Morgan fingerprint density at radius 2 is 2.18 bits per heavy atom. The van der Waals surface area contributed by atoms with Crippen LogP contribution >= 0.6 is 11.3 Å². The first-order valence-electron chi connectivity index (χ1n) is 5.84. The Balaban J connectivity index is 2.12. The molecule has 1 unspecified atom stereocenters. The van der Waals surface area contributed by atoms with E-state index in [1.165, 1.54) is 10.3 Å². The number of likely N-dealkylation sites (N-methyl/N-ethyl adjacent to an activating group) is 1. The Bertz CT molecular complexity index is 504. The zero-order valence-corrected chi connectivity index (χ0v) is 11.6. The second-order valence-electron chi connectivity index (χ2n) is 4.63. The van der Waals surface area contributed by atoms with Crippen molar-refractivity contribution >= 4 is 26.7 Å². The number of fused-ring (bicyclic) bond motifs is 1. The van der Waals surface area contributed by atoms with E-state index < -0.39 is 0 Å². The van der Waals surface area contributed by atoms with Crippen molar-refractivity contribution in [2.75, 3.05) is 26.0 Å². The molecular formula is C13H19N3S. The Hall–Kier alpha value is -1.13. The summed E-state index contributed by atoms with van der Waals surface area (Å²) >= 11 is 1.72. The molecule has 2 rings (SSSR count). The van der Waals surface area contributed by atoms with E-state index in [0.717, 1.165) is 17.2 Å². The molecule has 4 heteroatoms. The standard InChI is InChI=1S/C13H19N3S/c1-9-6-5-7-11-12(9)15-13(17-11)14-8-10(2)16(3)4/h5-7,10H,8H2,1-4H3,(H,14,15). The summed E-state index contributed by atoms with van der Waals surface area (Å²) in [6.07, 6.45) is 0. The summed E-state index contributed by atoms with van der Waals surface area (Å²) in [5, 5.41) is 4.42. The number of rotatable bonds is 4. The molecule has 3 nitrogen and oxygen atoms in total. The quantitative estimate of drug-likeness (QED) is 0.903. The van der Waals surface area contributed by atoms with Gasteiger partial charge < -0.3 is 10.2 Å². The summed E-state index contributed by atoms with van der Waals surface area (Å²) in [6.45, 7) is 5.23. The molecule has 0 saturated heterocycles. The maximum absolute atomic E-state index is 4.63. The number of nitrogens with one attached hydrogen (secondary N) is 1. The summed E-state index contributed by atoms with van der Waals surface area (Å²) < 4.78 is 1.25. The zero-order chi connectivity index (χ0) is 12.4. The fraction of sp³-hybridized carbons (Fsp3) is 0.462. The van der Waals surface area contributed by atoms with Gasteiger partial charge in [-0.05, 0) is 39.6 Å². The molecule has 0 saturated carbocycles. The van der Waals surface area contributed by atoms with Crippen LogP contribution in [0.5, 0.6) is 0 Å². The van der Waals surface area contributed by atoms with Crippen LogP contribution in [-0.4, -0.2) is 36.6 Å². The third kappa shape index (κ3) is 2.76. The minimum atomic E-state index is 0.503. The molecule has 0 bridgehead atoms. The van der Waals surface area contributed by atoms with E-state index in [2.05, 4.69) is 61.3 Å². The van der Waals surface area contributed by atoms with E-state index >= 15 is 0 Å². The number of anilines is 1. The minimum absolute atomic E-state index is 0.503. The summed E-state index contributed by atoms with van der Waals surface area (Å²) in [6, 6.07) is 6.82. The van der Waals surface area contributed by atoms with Gasteiger partial charge in [-0.1, -0.05) is 23.5 Å². The molecule has 0 amide bonds. The van der Waals surface area contributed by atoms with Crippen LogP contribution in [0.1, 0.15) is 12.5 Å². The molecule has 92 valence electrons. The highest BCUT2D eigenvalue weighted by molar-refractivity contribution is 7.22. The largest absolute Gasteiger partial charge is 0.360 e. The lowest BCUT2D eigenvalue weighted by Crippen LogP contribution is -2.31. The van der Waals surface area contributed by atoms with Crippen molar-refractivity contribution in [1.82, 2.24) is 9.88 Å². The van der Waals surface area contributed by atoms with Crippen molar-refractivity contribution in [2.24, 2.45) is 0 Å². The van der Waals surface area contributed by atoms with Gasteiger partial charge in [0.15, 0.2) is 5.13 Å². The van der Waals surface area contributed by atoms with Gasteiger partial charge in [0.2, 0.25) is 0 Å². The van der Waals surface area contributed by atoms with Crippen LogP contribution in [0.15, 0.2) is 18.2 Å². The molecule has 0 fully saturated rings. The molecule has 0 aliphatic heterocycles. The lowest BCUT2D eigenvalue weighted by molar-refractivity contribution is 0.326. The fourth-order valence-electron chi connectivity index (χ4n) is 1.58. The SMILES string of the molecule is Cc1cccc2sc(NCC(C)N(C)C)nc12. The molecule has 0 aliphatic carbocycles. The first-order valence-corrected chi connectivity index (χ1v) is 6.66. The normalized spacial score (nSPS) is 13.2. The molecule has 0 spiro atoms. The fourth-order valence-corrected chi connectivity index (χ4v) is 2.53. The number of nitrogens with zero attached hydrogens (tertiary/aromatic N) is 2. The van der Waals surface area contributed by atoms with Gasteiger partial charge in [0, 0.05) is 12.6 Å². The summed E-state index contributed by atoms with van der Waals surface area (Å²) in [4.78, 5) is 6.83. The van der Waals surface area contributed by atoms with Crippen molar-refractivity contribution in [2.45, 2.75) is 19.9 Å². The highest BCUT2D eigenvalue weighted by atomic mass is 32.1. The average molecular weight is 249 g/mol. The monoisotopic (exact) mass is 249 g/mol. The molecule has 1 N–H and O–H groups in total. The predicted molar refractivity (Wildman–Crippen MR) is 76.0 cm³/mol. The highest BCUT2D eigenvalue weighted by Crippen LogP contribution is 2.27. The molecular weight excluding hydrogens is 230 g/mol. The summed E-state index contributed by atoms with van der Waals surface area (Å²) in [5.74, 6) is 0. The number of para-hydroxylation sites is 1. The first-order chi connectivity index (χ1) is 8.08. The second-order valence-corrected chi connectivity index (χ2v) is 5.66. The lowest BCUT2D eigenvalue weighted by atomic mass is 10.2. The van der Waals surface area contributed by atoms with Crippen molar-refractivity contribution in [1.29, 1.82) is 0 Å². The Labute approximate surface area is 106 Å². The number of hydrogen-bond acceptors (Lipinski definition) is 4. The molecule has 1 heterocycles. The number of hydrogen-bond donors (Lipinski definition) is 1. The van der Waals surface area contributed by atoms with E-state index in [-0.39, 0.29) is 0 Å². The van der Waals surface area contributed by atoms with Crippen LogP contribution in [0, 0.1) is 6.92 Å². The van der Waals surface area contributed by atoms with Gasteiger partial charge in [-0.2, -0.15) is 0 Å². The summed E-state index contributed by atoms with van der Waals surface area (Å²) in [5.41, 5.74) is 2.37. The van der Waals surface area contributed by atoms with Crippen molar-refractivity contribution in [3.8, 4) is 0 Å².